The quantitative estimate of drug-likeness (QED) is 0.474. The minimum Gasteiger partial charge on any atom is -0.493 e. The number of nitrogens with one attached hydrogen (secondary N) is 1. The summed E-state index contributed by atoms with van der Waals surface area (Å²) in [5.41, 5.74) is 3.46. The SMILES string of the molecule is CC(C)COc1ccc(Cl)cc1Cc1nc(-c2nc3ncccc3[nH]2)cs1. The van der Waals surface area contributed by atoms with E-state index in [1.165, 1.54) is 0 Å². The van der Waals surface area contributed by atoms with E-state index in [2.05, 4.69) is 28.8 Å². The molecule has 1 N–H and O–H groups in total. The molecule has 0 aliphatic rings. The zero-order valence-corrected chi connectivity index (χ0v) is 16.6. The largest absolute Gasteiger partial charge is 0.493 e. The highest BCUT2D eigenvalue weighted by Crippen LogP contribution is 2.28. The van der Waals surface area contributed by atoms with Crippen molar-refractivity contribution in [3.8, 4) is 17.3 Å². The number of benzene rings is 1. The van der Waals surface area contributed by atoms with Crippen LogP contribution in [0, 0.1) is 5.92 Å². The van der Waals surface area contributed by atoms with Gasteiger partial charge in [-0.05, 0) is 36.2 Å². The van der Waals surface area contributed by atoms with Crippen LogP contribution in [-0.4, -0.2) is 26.5 Å². The van der Waals surface area contributed by atoms with E-state index in [1.54, 1.807) is 17.5 Å². The predicted octanol–water partition coefficient (Wildman–Crippen LogP) is 5.36. The second-order valence-electron chi connectivity index (χ2n) is 6.72. The van der Waals surface area contributed by atoms with E-state index in [9.17, 15) is 0 Å². The van der Waals surface area contributed by atoms with E-state index in [0.717, 1.165) is 33.4 Å². The monoisotopic (exact) mass is 398 g/mol. The smallest absolute Gasteiger partial charge is 0.178 e. The average Bonchev–Trinajstić information content (AvgIpc) is 3.27. The zero-order valence-electron chi connectivity index (χ0n) is 15.1. The number of rotatable bonds is 6. The van der Waals surface area contributed by atoms with Crippen LogP contribution in [0.4, 0.5) is 0 Å². The maximum Gasteiger partial charge on any atom is 0.178 e. The summed E-state index contributed by atoms with van der Waals surface area (Å²) in [6.07, 6.45) is 2.40. The Labute approximate surface area is 166 Å². The van der Waals surface area contributed by atoms with Crippen LogP contribution in [0.1, 0.15) is 24.4 Å². The van der Waals surface area contributed by atoms with Gasteiger partial charge in [0.2, 0.25) is 0 Å². The van der Waals surface area contributed by atoms with Crippen molar-refractivity contribution in [1.82, 2.24) is 19.9 Å². The van der Waals surface area contributed by atoms with Gasteiger partial charge in [-0.3, -0.25) is 0 Å². The first-order valence-electron chi connectivity index (χ1n) is 8.75. The highest BCUT2D eigenvalue weighted by atomic mass is 35.5. The lowest BCUT2D eigenvalue weighted by atomic mass is 10.1. The van der Waals surface area contributed by atoms with Crippen LogP contribution in [0.5, 0.6) is 5.75 Å². The van der Waals surface area contributed by atoms with Gasteiger partial charge in [0.05, 0.1) is 17.1 Å². The molecule has 3 heterocycles. The van der Waals surface area contributed by atoms with Crippen molar-refractivity contribution in [2.75, 3.05) is 6.61 Å². The molecule has 0 unspecified atom stereocenters. The molecule has 0 atom stereocenters. The molecule has 0 saturated heterocycles. The minimum absolute atomic E-state index is 0.460. The number of halogens is 1. The number of fused-ring (bicyclic) bond motifs is 1. The van der Waals surface area contributed by atoms with Crippen LogP contribution in [0.3, 0.4) is 0 Å². The predicted molar refractivity (Wildman–Crippen MR) is 110 cm³/mol. The zero-order chi connectivity index (χ0) is 18.8. The number of H-pyrrole nitrogens is 1. The van der Waals surface area contributed by atoms with E-state index in [-0.39, 0.29) is 0 Å². The van der Waals surface area contributed by atoms with Crippen molar-refractivity contribution >= 4 is 34.1 Å². The molecule has 0 bridgehead atoms. The van der Waals surface area contributed by atoms with Crippen LogP contribution in [-0.2, 0) is 6.42 Å². The first-order valence-corrected chi connectivity index (χ1v) is 10.0. The minimum atomic E-state index is 0.460. The normalized spacial score (nSPS) is 11.4. The number of ether oxygens (including phenoxy) is 1. The molecule has 0 saturated carbocycles. The summed E-state index contributed by atoms with van der Waals surface area (Å²) in [5, 5.41) is 3.68. The Morgan fingerprint density at radius 2 is 2.11 bits per heavy atom. The first kappa shape index (κ1) is 17.9. The van der Waals surface area contributed by atoms with Gasteiger partial charge in [0.25, 0.3) is 0 Å². The van der Waals surface area contributed by atoms with Gasteiger partial charge >= 0.3 is 0 Å². The third kappa shape index (κ3) is 4.12. The Morgan fingerprint density at radius 1 is 1.22 bits per heavy atom. The molecule has 27 heavy (non-hydrogen) atoms. The number of thiazole rings is 1. The Hall–Kier alpha value is -2.44. The number of hydrogen-bond donors (Lipinski definition) is 1. The fourth-order valence-electron chi connectivity index (χ4n) is 2.71. The number of nitrogens with zero attached hydrogens (tertiary/aromatic N) is 3. The molecule has 5 nitrogen and oxygen atoms in total. The Bertz CT molecular complexity index is 1040. The number of aromatic amines is 1. The molecule has 4 aromatic rings. The number of imidazole rings is 1. The molecule has 138 valence electrons. The van der Waals surface area contributed by atoms with Gasteiger partial charge in [0, 0.05) is 28.6 Å². The van der Waals surface area contributed by atoms with Crippen molar-refractivity contribution in [2.24, 2.45) is 5.92 Å². The summed E-state index contributed by atoms with van der Waals surface area (Å²) in [6, 6.07) is 9.57. The summed E-state index contributed by atoms with van der Waals surface area (Å²) < 4.78 is 5.95. The lowest BCUT2D eigenvalue weighted by Gasteiger charge is -2.13. The van der Waals surface area contributed by atoms with Gasteiger partial charge < -0.3 is 9.72 Å². The topological polar surface area (TPSA) is 63.7 Å². The molecular formula is C20H19ClN4OS. The molecular weight excluding hydrogens is 380 g/mol. The van der Waals surface area contributed by atoms with E-state index < -0.39 is 0 Å². The van der Waals surface area contributed by atoms with Gasteiger partial charge in [-0.1, -0.05) is 25.4 Å². The lowest BCUT2D eigenvalue weighted by molar-refractivity contribution is 0.269. The highest BCUT2D eigenvalue weighted by molar-refractivity contribution is 7.10. The Morgan fingerprint density at radius 3 is 2.93 bits per heavy atom. The van der Waals surface area contributed by atoms with Crippen LogP contribution in [0.15, 0.2) is 41.9 Å². The summed E-state index contributed by atoms with van der Waals surface area (Å²) in [4.78, 5) is 16.8. The van der Waals surface area contributed by atoms with Gasteiger partial charge in [0.1, 0.15) is 11.4 Å². The van der Waals surface area contributed by atoms with E-state index in [1.807, 2.05) is 35.7 Å². The second kappa shape index (κ2) is 7.66. The number of aromatic nitrogens is 4. The van der Waals surface area contributed by atoms with Crippen molar-refractivity contribution in [2.45, 2.75) is 20.3 Å². The first-order chi connectivity index (χ1) is 13.1. The van der Waals surface area contributed by atoms with Gasteiger partial charge in [0.15, 0.2) is 11.5 Å². The van der Waals surface area contributed by atoms with Crippen molar-refractivity contribution < 1.29 is 4.74 Å². The van der Waals surface area contributed by atoms with Gasteiger partial charge in [-0.25, -0.2) is 15.0 Å². The second-order valence-corrected chi connectivity index (χ2v) is 8.10. The molecule has 0 amide bonds. The number of hydrogen-bond acceptors (Lipinski definition) is 5. The van der Waals surface area contributed by atoms with Crippen molar-refractivity contribution in [3.63, 3.8) is 0 Å². The molecule has 1 aromatic carbocycles. The molecule has 7 heteroatoms. The van der Waals surface area contributed by atoms with Gasteiger partial charge in [-0.15, -0.1) is 11.3 Å². The average molecular weight is 399 g/mol. The maximum absolute atomic E-state index is 6.20. The van der Waals surface area contributed by atoms with E-state index >= 15 is 0 Å². The maximum atomic E-state index is 6.20. The molecule has 0 aliphatic carbocycles. The van der Waals surface area contributed by atoms with E-state index in [4.69, 9.17) is 21.3 Å². The van der Waals surface area contributed by atoms with E-state index in [0.29, 0.717) is 29.6 Å². The summed E-state index contributed by atoms with van der Waals surface area (Å²) in [7, 11) is 0. The van der Waals surface area contributed by atoms with Gasteiger partial charge in [-0.2, -0.15) is 0 Å². The van der Waals surface area contributed by atoms with Crippen molar-refractivity contribution in [3.05, 3.63) is 57.5 Å². The Kier molecular flexibility index (Phi) is 5.09. The van der Waals surface area contributed by atoms with Crippen molar-refractivity contribution in [1.29, 1.82) is 0 Å². The summed E-state index contributed by atoms with van der Waals surface area (Å²) in [5.74, 6) is 2.05. The molecule has 4 rings (SSSR count). The van der Waals surface area contributed by atoms with Crippen LogP contribution in [0.25, 0.3) is 22.7 Å². The highest BCUT2D eigenvalue weighted by Gasteiger charge is 2.13. The Balaban J connectivity index is 1.58. The molecule has 0 radical (unpaired) electrons. The molecule has 0 fully saturated rings. The standard InChI is InChI=1S/C20H19ClN4OS/c1-12(2)10-26-17-6-5-14(21)8-13(17)9-18-23-16(11-27-18)20-24-15-4-3-7-22-19(15)25-20/h3-8,11-12H,9-10H2,1-2H3,(H,22,24,25). The summed E-state index contributed by atoms with van der Waals surface area (Å²) >= 11 is 7.80. The van der Waals surface area contributed by atoms with Crippen LogP contribution in [0.2, 0.25) is 5.02 Å². The third-order valence-electron chi connectivity index (χ3n) is 3.99. The fourth-order valence-corrected chi connectivity index (χ4v) is 3.71. The summed E-state index contributed by atoms with van der Waals surface area (Å²) in [6.45, 7) is 4.93. The molecule has 0 aliphatic heterocycles. The lowest BCUT2D eigenvalue weighted by Crippen LogP contribution is -2.06. The fraction of sp³-hybridized carbons (Fsp3) is 0.250. The van der Waals surface area contributed by atoms with Crippen LogP contribution < -0.4 is 4.74 Å². The third-order valence-corrected chi connectivity index (χ3v) is 5.07. The molecule has 3 aromatic heterocycles. The van der Waals surface area contributed by atoms with Crippen LogP contribution >= 0.6 is 22.9 Å². The number of pyridine rings is 1. The molecule has 0 spiro atoms.